The van der Waals surface area contributed by atoms with Gasteiger partial charge in [-0.3, -0.25) is 19.2 Å². The Labute approximate surface area is 351 Å². The minimum absolute atomic E-state index is 0.0769. The highest BCUT2D eigenvalue weighted by atomic mass is 16.5. The first kappa shape index (κ1) is 50.1. The summed E-state index contributed by atoms with van der Waals surface area (Å²) in [6.07, 6.45) is 16.8. The lowest BCUT2D eigenvalue weighted by molar-refractivity contribution is -0.161. The van der Waals surface area contributed by atoms with Crippen LogP contribution in [-0.4, -0.2) is 79.0 Å². The predicted octanol–water partition coefficient (Wildman–Crippen LogP) is 9.35. The highest BCUT2D eigenvalue weighted by Crippen LogP contribution is 2.62. The standard InChI is InChI=1S/C47H85N3O8/c1-41(2)26-32(27-42(3,4)48-41)47(33-28-43(5,6)49-44(7,8)29-33,34-30-45(9,10)50-46(11,12)31-34)22-20-18-16-14-13-15-17-19-21-23-58-38(53)25-36(40(56)57)35(39(54)55)24-37(51)52/h32-36,48-50H,13-31H2,1-12H3,(H,51,52)(H,54,55)(H,56,57). The van der Waals surface area contributed by atoms with Crippen molar-refractivity contribution < 1.29 is 39.2 Å². The van der Waals surface area contributed by atoms with Gasteiger partial charge in [-0.15, -0.1) is 0 Å². The number of rotatable bonds is 22. The van der Waals surface area contributed by atoms with Crippen molar-refractivity contribution in [3.8, 4) is 0 Å². The van der Waals surface area contributed by atoms with Gasteiger partial charge in [0.25, 0.3) is 0 Å². The van der Waals surface area contributed by atoms with E-state index in [1.807, 2.05) is 0 Å². The zero-order chi connectivity index (χ0) is 44.0. The summed E-state index contributed by atoms with van der Waals surface area (Å²) in [4.78, 5) is 46.4. The minimum Gasteiger partial charge on any atom is -0.481 e. The number of aliphatic carboxylic acids is 3. The molecule has 0 spiro atoms. The maximum Gasteiger partial charge on any atom is 0.307 e. The van der Waals surface area contributed by atoms with E-state index in [1.54, 1.807) is 0 Å². The second kappa shape index (κ2) is 19.6. The number of carbonyl (C=O) groups is 4. The van der Waals surface area contributed by atoms with Crippen LogP contribution in [0.4, 0.5) is 0 Å². The Morgan fingerprint density at radius 1 is 0.500 bits per heavy atom. The fourth-order valence-corrected chi connectivity index (χ4v) is 12.9. The summed E-state index contributed by atoms with van der Waals surface area (Å²) in [5, 5.41) is 39.9. The Hall–Kier alpha value is -2.24. The van der Waals surface area contributed by atoms with Gasteiger partial charge in [0.1, 0.15) is 0 Å². The van der Waals surface area contributed by atoms with E-state index >= 15 is 0 Å². The maximum absolute atomic E-state index is 12.3. The van der Waals surface area contributed by atoms with Crippen LogP contribution in [-0.2, 0) is 23.9 Å². The van der Waals surface area contributed by atoms with Crippen LogP contribution in [0, 0.1) is 35.0 Å². The van der Waals surface area contributed by atoms with Crippen LogP contribution < -0.4 is 16.0 Å². The van der Waals surface area contributed by atoms with Crippen molar-refractivity contribution in [1.82, 2.24) is 16.0 Å². The van der Waals surface area contributed by atoms with Gasteiger partial charge < -0.3 is 36.0 Å². The van der Waals surface area contributed by atoms with Crippen LogP contribution in [0.1, 0.15) is 199 Å². The lowest BCUT2D eigenvalue weighted by Crippen LogP contribution is -2.67. The number of ether oxygens (including phenoxy) is 1. The molecule has 3 aliphatic heterocycles. The molecule has 0 aromatic heterocycles. The third-order valence-electron chi connectivity index (χ3n) is 13.8. The van der Waals surface area contributed by atoms with Crippen molar-refractivity contribution in [3.05, 3.63) is 0 Å². The first-order valence-electron chi connectivity index (χ1n) is 22.7. The van der Waals surface area contributed by atoms with Gasteiger partial charge in [0.15, 0.2) is 0 Å². The van der Waals surface area contributed by atoms with Crippen LogP contribution in [0.25, 0.3) is 0 Å². The number of carbonyl (C=O) groups excluding carboxylic acids is 1. The van der Waals surface area contributed by atoms with E-state index < -0.39 is 48.6 Å². The molecule has 0 amide bonds. The fourth-order valence-electron chi connectivity index (χ4n) is 12.9. The molecule has 3 fully saturated rings. The van der Waals surface area contributed by atoms with Crippen LogP contribution >= 0.6 is 0 Å². The molecule has 336 valence electrons. The number of nitrogens with one attached hydrogen (secondary N) is 3. The van der Waals surface area contributed by atoms with Gasteiger partial charge in [-0.1, -0.05) is 51.4 Å². The number of piperidine rings is 3. The quantitative estimate of drug-likeness (QED) is 0.0454. The van der Waals surface area contributed by atoms with E-state index in [0.717, 1.165) is 25.7 Å². The number of hydrogen-bond acceptors (Lipinski definition) is 8. The molecular weight excluding hydrogens is 735 g/mol. The van der Waals surface area contributed by atoms with Crippen molar-refractivity contribution in [2.45, 2.75) is 232 Å². The van der Waals surface area contributed by atoms with Gasteiger partial charge in [0.2, 0.25) is 0 Å². The van der Waals surface area contributed by atoms with Crippen LogP contribution in [0.2, 0.25) is 0 Å². The summed E-state index contributed by atoms with van der Waals surface area (Å²) in [5.74, 6) is -6.78. The molecule has 3 rings (SSSR count). The molecule has 2 atom stereocenters. The van der Waals surface area contributed by atoms with E-state index in [1.165, 1.54) is 70.6 Å². The normalized spacial score (nSPS) is 24.1. The second-order valence-corrected chi connectivity index (χ2v) is 23.0. The van der Waals surface area contributed by atoms with Crippen molar-refractivity contribution in [2.24, 2.45) is 35.0 Å². The highest BCUT2D eigenvalue weighted by molar-refractivity contribution is 5.86. The molecule has 0 radical (unpaired) electrons. The average molecular weight is 820 g/mol. The van der Waals surface area contributed by atoms with E-state index in [-0.39, 0.29) is 45.3 Å². The van der Waals surface area contributed by atoms with Crippen molar-refractivity contribution in [2.75, 3.05) is 6.61 Å². The maximum atomic E-state index is 12.3. The minimum atomic E-state index is -1.71. The molecule has 3 heterocycles. The van der Waals surface area contributed by atoms with Gasteiger partial charge in [0, 0.05) is 33.2 Å². The largest absolute Gasteiger partial charge is 0.481 e. The molecule has 0 bridgehead atoms. The van der Waals surface area contributed by atoms with Crippen LogP contribution in [0.3, 0.4) is 0 Å². The van der Waals surface area contributed by atoms with Crippen molar-refractivity contribution >= 4 is 23.9 Å². The molecule has 6 N–H and O–H groups in total. The molecule has 3 saturated heterocycles. The number of hydrogen-bond donors (Lipinski definition) is 6. The zero-order valence-electron chi connectivity index (χ0n) is 38.7. The third-order valence-corrected chi connectivity index (χ3v) is 13.8. The molecule has 11 heteroatoms. The molecule has 11 nitrogen and oxygen atoms in total. The predicted molar refractivity (Wildman–Crippen MR) is 231 cm³/mol. The zero-order valence-corrected chi connectivity index (χ0v) is 38.7. The Bertz CT molecular complexity index is 1260. The SMILES string of the molecule is CC1(C)CC(C(CCCCCCCCCCCOC(=O)CC(C(=O)O)C(CC(=O)O)C(=O)O)(C2CC(C)(C)NC(C)(C)C2)C2CC(C)(C)NC(C)(C)C2)CC(C)(C)N1. The molecule has 2 unspecified atom stereocenters. The Kier molecular flexibility index (Phi) is 17.0. The fraction of sp³-hybridized carbons (Fsp3) is 0.915. The average Bonchev–Trinajstić information content (AvgIpc) is 3.00. The third kappa shape index (κ3) is 15.0. The Morgan fingerprint density at radius 3 is 1.10 bits per heavy atom. The molecular formula is C47H85N3O8. The molecule has 3 aliphatic rings. The van der Waals surface area contributed by atoms with Gasteiger partial charge in [-0.25, -0.2) is 0 Å². The smallest absolute Gasteiger partial charge is 0.307 e. The number of carboxylic acids is 3. The highest BCUT2D eigenvalue weighted by Gasteiger charge is 2.59. The Balaban J connectivity index is 1.62. The van der Waals surface area contributed by atoms with Gasteiger partial charge >= 0.3 is 23.9 Å². The van der Waals surface area contributed by atoms with Crippen molar-refractivity contribution in [1.29, 1.82) is 0 Å². The van der Waals surface area contributed by atoms with Crippen LogP contribution in [0.15, 0.2) is 0 Å². The number of carboxylic acid groups (broad SMARTS) is 3. The lowest BCUT2D eigenvalue weighted by Gasteiger charge is -2.64. The lowest BCUT2D eigenvalue weighted by atomic mass is 9.46. The van der Waals surface area contributed by atoms with E-state index in [9.17, 15) is 29.4 Å². The van der Waals surface area contributed by atoms with E-state index in [0.29, 0.717) is 24.2 Å². The number of unbranched alkanes of at least 4 members (excludes halogenated alkanes) is 8. The van der Waals surface area contributed by atoms with Crippen LogP contribution in [0.5, 0.6) is 0 Å². The van der Waals surface area contributed by atoms with Gasteiger partial charge in [0.05, 0.1) is 31.3 Å². The monoisotopic (exact) mass is 820 g/mol. The summed E-state index contributed by atoms with van der Waals surface area (Å²) in [6.45, 7) is 29.4. The summed E-state index contributed by atoms with van der Waals surface area (Å²) >= 11 is 0. The first-order chi connectivity index (χ1) is 26.5. The summed E-state index contributed by atoms with van der Waals surface area (Å²) in [6, 6.07) is 0. The summed E-state index contributed by atoms with van der Waals surface area (Å²) < 4.78 is 5.20. The summed E-state index contributed by atoms with van der Waals surface area (Å²) in [5.41, 5.74) is 0.696. The van der Waals surface area contributed by atoms with E-state index in [4.69, 9.17) is 9.84 Å². The molecule has 0 saturated carbocycles. The second-order valence-electron chi connectivity index (χ2n) is 23.0. The molecule has 0 aliphatic carbocycles. The number of esters is 1. The Morgan fingerprint density at radius 2 is 0.793 bits per heavy atom. The summed E-state index contributed by atoms with van der Waals surface area (Å²) in [7, 11) is 0. The molecule has 58 heavy (non-hydrogen) atoms. The van der Waals surface area contributed by atoms with Gasteiger partial charge in [-0.05, 0) is 158 Å². The van der Waals surface area contributed by atoms with Gasteiger partial charge in [-0.2, -0.15) is 0 Å². The van der Waals surface area contributed by atoms with E-state index in [2.05, 4.69) is 99.0 Å². The van der Waals surface area contributed by atoms with Crippen molar-refractivity contribution in [3.63, 3.8) is 0 Å². The molecule has 0 aromatic rings. The first-order valence-corrected chi connectivity index (χ1v) is 22.7. The molecule has 0 aromatic carbocycles. The topological polar surface area (TPSA) is 174 Å².